The summed E-state index contributed by atoms with van der Waals surface area (Å²) in [4.78, 5) is 10.7. The number of carboxylic acid groups (broad SMARTS) is 1. The van der Waals surface area contributed by atoms with Crippen molar-refractivity contribution in [3.63, 3.8) is 0 Å². The Labute approximate surface area is 109 Å². The van der Waals surface area contributed by atoms with Crippen molar-refractivity contribution in [2.45, 2.75) is 4.90 Å². The van der Waals surface area contributed by atoms with Gasteiger partial charge in [0.15, 0.2) is 9.84 Å². The highest BCUT2D eigenvalue weighted by Crippen LogP contribution is 2.25. The van der Waals surface area contributed by atoms with Gasteiger partial charge in [0.2, 0.25) is 5.76 Å². The molecule has 0 aliphatic carbocycles. The lowest BCUT2D eigenvalue weighted by atomic mass is 10.3. The van der Waals surface area contributed by atoms with Crippen molar-refractivity contribution in [2.75, 3.05) is 6.26 Å². The van der Waals surface area contributed by atoms with Crippen molar-refractivity contribution in [1.29, 1.82) is 0 Å². The summed E-state index contributed by atoms with van der Waals surface area (Å²) in [5, 5.41) is 8.69. The Balaban J connectivity index is 2.26. The molecule has 1 aromatic heterocycles. The Morgan fingerprint density at radius 2 is 2.00 bits per heavy atom. The van der Waals surface area contributed by atoms with Crippen LogP contribution in [0.15, 0.2) is 45.7 Å². The van der Waals surface area contributed by atoms with Gasteiger partial charge in [-0.15, -0.1) is 0 Å². The minimum atomic E-state index is -3.33. The zero-order valence-electron chi connectivity index (χ0n) is 9.86. The summed E-state index contributed by atoms with van der Waals surface area (Å²) in [5.74, 6) is -1.24. The number of carbonyl (C=O) groups is 1. The quantitative estimate of drug-likeness (QED) is 0.923. The number of ether oxygens (including phenoxy) is 1. The summed E-state index contributed by atoms with van der Waals surface area (Å²) in [6.07, 6.45) is 1.08. The van der Waals surface area contributed by atoms with Gasteiger partial charge >= 0.3 is 5.97 Å². The van der Waals surface area contributed by atoms with E-state index >= 15 is 0 Å². The molecule has 0 bridgehead atoms. The van der Waals surface area contributed by atoms with E-state index in [0.29, 0.717) is 0 Å². The van der Waals surface area contributed by atoms with Gasteiger partial charge in [0.1, 0.15) is 5.75 Å². The maximum absolute atomic E-state index is 11.4. The molecule has 0 aliphatic rings. The van der Waals surface area contributed by atoms with Gasteiger partial charge in [0.25, 0.3) is 5.95 Å². The van der Waals surface area contributed by atoms with Crippen molar-refractivity contribution < 1.29 is 27.5 Å². The Hall–Kier alpha value is -2.28. The highest BCUT2D eigenvalue weighted by atomic mass is 32.2. The SMILES string of the molecule is CS(=O)(=O)c1cccc(Oc2ccc(C(=O)O)o2)c1. The summed E-state index contributed by atoms with van der Waals surface area (Å²) in [6.45, 7) is 0. The third-order valence-corrected chi connectivity index (χ3v) is 3.35. The van der Waals surface area contributed by atoms with Crippen molar-refractivity contribution in [3.05, 3.63) is 42.2 Å². The van der Waals surface area contributed by atoms with Crippen LogP contribution in [0.5, 0.6) is 11.7 Å². The molecule has 0 fully saturated rings. The van der Waals surface area contributed by atoms with E-state index < -0.39 is 15.8 Å². The molecule has 1 heterocycles. The Bertz CT molecular complexity index is 713. The third kappa shape index (κ3) is 3.14. The first-order valence-corrected chi connectivity index (χ1v) is 7.06. The molecule has 0 atom stereocenters. The van der Waals surface area contributed by atoms with E-state index in [4.69, 9.17) is 14.3 Å². The number of benzene rings is 1. The predicted octanol–water partition coefficient (Wildman–Crippen LogP) is 2.17. The second-order valence-electron chi connectivity index (χ2n) is 3.77. The van der Waals surface area contributed by atoms with Gasteiger partial charge in [-0.3, -0.25) is 0 Å². The molecule has 0 unspecified atom stereocenters. The summed E-state index contributed by atoms with van der Waals surface area (Å²) < 4.78 is 32.9. The normalized spacial score (nSPS) is 11.2. The number of hydrogen-bond acceptors (Lipinski definition) is 5. The molecule has 0 spiro atoms. The van der Waals surface area contributed by atoms with Crippen molar-refractivity contribution in [3.8, 4) is 11.7 Å². The first kappa shape index (κ1) is 13.2. The van der Waals surface area contributed by atoms with Gasteiger partial charge in [0.05, 0.1) is 4.90 Å². The molecule has 19 heavy (non-hydrogen) atoms. The molecular formula is C12H10O6S. The van der Waals surface area contributed by atoms with Crippen LogP contribution in [0.3, 0.4) is 0 Å². The van der Waals surface area contributed by atoms with Crippen LogP contribution in [-0.2, 0) is 9.84 Å². The summed E-state index contributed by atoms with van der Waals surface area (Å²) in [5.41, 5.74) is 0. The van der Waals surface area contributed by atoms with Crippen LogP contribution in [-0.4, -0.2) is 25.7 Å². The maximum atomic E-state index is 11.4. The largest absolute Gasteiger partial charge is 0.475 e. The fourth-order valence-corrected chi connectivity index (χ4v) is 2.03. The minimum Gasteiger partial charge on any atom is -0.475 e. The van der Waals surface area contributed by atoms with Crippen LogP contribution in [0.1, 0.15) is 10.6 Å². The highest BCUT2D eigenvalue weighted by Gasteiger charge is 2.12. The van der Waals surface area contributed by atoms with E-state index in [1.165, 1.54) is 36.4 Å². The minimum absolute atomic E-state index is 0.0250. The molecule has 2 rings (SSSR count). The lowest BCUT2D eigenvalue weighted by Crippen LogP contribution is -1.96. The molecule has 0 aliphatic heterocycles. The number of carboxylic acids is 1. The van der Waals surface area contributed by atoms with Crippen LogP contribution in [0.4, 0.5) is 0 Å². The number of aromatic carboxylic acids is 1. The van der Waals surface area contributed by atoms with Crippen LogP contribution in [0.25, 0.3) is 0 Å². The standard InChI is InChI=1S/C12H10O6S/c1-19(15,16)9-4-2-3-8(7-9)17-11-6-5-10(18-11)12(13)14/h2-7H,1H3,(H,13,14). The monoisotopic (exact) mass is 282 g/mol. The van der Waals surface area contributed by atoms with E-state index in [9.17, 15) is 13.2 Å². The summed E-state index contributed by atoms with van der Waals surface area (Å²) >= 11 is 0. The number of furan rings is 1. The molecule has 6 nitrogen and oxygen atoms in total. The van der Waals surface area contributed by atoms with Crippen molar-refractivity contribution in [1.82, 2.24) is 0 Å². The molecule has 0 saturated carbocycles. The van der Waals surface area contributed by atoms with Crippen LogP contribution < -0.4 is 4.74 Å². The van der Waals surface area contributed by atoms with Gasteiger partial charge < -0.3 is 14.3 Å². The van der Waals surface area contributed by atoms with E-state index in [0.717, 1.165) is 6.26 Å². The molecule has 0 amide bonds. The van der Waals surface area contributed by atoms with E-state index in [1.807, 2.05) is 0 Å². The smallest absolute Gasteiger partial charge is 0.371 e. The second-order valence-corrected chi connectivity index (χ2v) is 5.79. The lowest BCUT2D eigenvalue weighted by molar-refractivity contribution is 0.0657. The predicted molar refractivity (Wildman–Crippen MR) is 65.3 cm³/mol. The fraction of sp³-hybridized carbons (Fsp3) is 0.0833. The summed E-state index contributed by atoms with van der Waals surface area (Å²) in [6, 6.07) is 8.42. The number of sulfone groups is 1. The van der Waals surface area contributed by atoms with Crippen LogP contribution >= 0.6 is 0 Å². The molecule has 1 N–H and O–H groups in total. The van der Waals surface area contributed by atoms with Gasteiger partial charge in [-0.05, 0) is 24.3 Å². The van der Waals surface area contributed by atoms with Gasteiger partial charge in [-0.2, -0.15) is 0 Å². The molecule has 7 heteroatoms. The zero-order chi connectivity index (χ0) is 14.0. The van der Waals surface area contributed by atoms with Gasteiger partial charge in [-0.25, -0.2) is 13.2 Å². The average Bonchev–Trinajstić information content (AvgIpc) is 2.77. The fourth-order valence-electron chi connectivity index (χ4n) is 1.37. The maximum Gasteiger partial charge on any atom is 0.371 e. The molecule has 100 valence electrons. The van der Waals surface area contributed by atoms with Crippen molar-refractivity contribution in [2.24, 2.45) is 0 Å². The molecular weight excluding hydrogens is 272 g/mol. The first-order chi connectivity index (χ1) is 8.86. The number of rotatable bonds is 4. The molecule has 2 aromatic rings. The van der Waals surface area contributed by atoms with E-state index in [-0.39, 0.29) is 22.4 Å². The summed E-state index contributed by atoms with van der Waals surface area (Å²) in [7, 11) is -3.33. The van der Waals surface area contributed by atoms with Gasteiger partial charge in [0, 0.05) is 12.3 Å². The molecule has 1 aromatic carbocycles. The zero-order valence-corrected chi connectivity index (χ0v) is 10.7. The Kier molecular flexibility index (Phi) is 3.30. The van der Waals surface area contributed by atoms with Gasteiger partial charge in [-0.1, -0.05) is 6.07 Å². The van der Waals surface area contributed by atoms with E-state index in [2.05, 4.69) is 0 Å². The highest BCUT2D eigenvalue weighted by molar-refractivity contribution is 7.90. The lowest BCUT2D eigenvalue weighted by Gasteiger charge is -2.03. The van der Waals surface area contributed by atoms with E-state index in [1.54, 1.807) is 0 Å². The number of hydrogen-bond donors (Lipinski definition) is 1. The molecule has 0 saturated heterocycles. The Morgan fingerprint density at radius 3 is 2.58 bits per heavy atom. The third-order valence-electron chi connectivity index (χ3n) is 2.24. The topological polar surface area (TPSA) is 93.8 Å². The first-order valence-electron chi connectivity index (χ1n) is 5.17. The van der Waals surface area contributed by atoms with Crippen molar-refractivity contribution >= 4 is 15.8 Å². The van der Waals surface area contributed by atoms with Crippen LogP contribution in [0.2, 0.25) is 0 Å². The van der Waals surface area contributed by atoms with Crippen LogP contribution in [0, 0.1) is 0 Å². The second kappa shape index (κ2) is 4.77. The Morgan fingerprint density at radius 1 is 1.26 bits per heavy atom. The molecule has 0 radical (unpaired) electrons. The average molecular weight is 282 g/mol.